The number of nitrogens with zero attached hydrogens (tertiary/aromatic N) is 2. The summed E-state index contributed by atoms with van der Waals surface area (Å²) in [4.78, 5) is 28.8. The maximum atomic E-state index is 12.5. The lowest BCUT2D eigenvalue weighted by molar-refractivity contribution is -0.116. The summed E-state index contributed by atoms with van der Waals surface area (Å²) in [6.07, 6.45) is 2.13. The minimum absolute atomic E-state index is 0.0750. The molecule has 3 rings (SSSR count). The highest BCUT2D eigenvalue weighted by Gasteiger charge is 2.32. The Hall–Kier alpha value is -2.08. The third-order valence-electron chi connectivity index (χ3n) is 4.05. The predicted molar refractivity (Wildman–Crippen MR) is 87.5 cm³/mol. The molecule has 1 aliphatic rings. The number of hydrogen-bond acceptors (Lipinski definition) is 4. The van der Waals surface area contributed by atoms with Crippen LogP contribution in [0.4, 0.5) is 5.82 Å². The molecule has 0 saturated heterocycles. The Morgan fingerprint density at radius 3 is 2.73 bits per heavy atom. The fourth-order valence-electron chi connectivity index (χ4n) is 2.96. The van der Waals surface area contributed by atoms with Crippen LogP contribution in [-0.4, -0.2) is 21.7 Å². The molecule has 1 aromatic carbocycles. The molecule has 0 saturated carbocycles. The van der Waals surface area contributed by atoms with Crippen molar-refractivity contribution in [1.82, 2.24) is 9.55 Å². The third-order valence-corrected chi connectivity index (χ3v) is 4.78. The molecule has 5 nitrogen and oxygen atoms in total. The molecule has 6 heteroatoms. The smallest absolute Gasteiger partial charge is 0.279 e. The Kier molecular flexibility index (Phi) is 3.78. The summed E-state index contributed by atoms with van der Waals surface area (Å²) >= 11 is 1.38. The van der Waals surface area contributed by atoms with Crippen LogP contribution in [0.15, 0.2) is 34.2 Å². The van der Waals surface area contributed by atoms with Crippen LogP contribution in [0.25, 0.3) is 0 Å². The zero-order chi connectivity index (χ0) is 15.9. The topological polar surface area (TPSA) is 64.0 Å². The standard InChI is InChI=1S/C16H17N3O2S/c1-9-6-4-5-7-10(9)11-8-12(20)17-14-13(11)15(21)18-16(22-3)19(14)2/h4-7,11H,8H2,1-3H3,(H,17,20)/t11-/m1/s1. The van der Waals surface area contributed by atoms with Crippen LogP contribution >= 0.6 is 11.8 Å². The summed E-state index contributed by atoms with van der Waals surface area (Å²) in [6, 6.07) is 7.86. The van der Waals surface area contributed by atoms with Crippen molar-refractivity contribution in [1.29, 1.82) is 0 Å². The van der Waals surface area contributed by atoms with Crippen molar-refractivity contribution in [3.05, 3.63) is 51.3 Å². The highest BCUT2D eigenvalue weighted by atomic mass is 32.2. The monoisotopic (exact) mass is 315 g/mol. The van der Waals surface area contributed by atoms with E-state index in [1.54, 1.807) is 4.57 Å². The Morgan fingerprint density at radius 1 is 1.32 bits per heavy atom. The number of amides is 1. The van der Waals surface area contributed by atoms with Crippen molar-refractivity contribution in [2.24, 2.45) is 7.05 Å². The van der Waals surface area contributed by atoms with Gasteiger partial charge in [0.2, 0.25) is 5.91 Å². The lowest BCUT2D eigenvalue weighted by Gasteiger charge is -2.28. The van der Waals surface area contributed by atoms with E-state index in [4.69, 9.17) is 0 Å². The van der Waals surface area contributed by atoms with Gasteiger partial charge in [0.05, 0.1) is 5.56 Å². The molecule has 22 heavy (non-hydrogen) atoms. The average molecular weight is 315 g/mol. The SMILES string of the molecule is CSc1nc(=O)c2c(n1C)NC(=O)C[C@@H]2c1ccccc1C. The number of nitrogens with one attached hydrogen (secondary N) is 1. The molecular formula is C16H17N3O2S. The first-order chi connectivity index (χ1) is 10.5. The lowest BCUT2D eigenvalue weighted by Crippen LogP contribution is -2.33. The summed E-state index contributed by atoms with van der Waals surface area (Å²) in [7, 11) is 1.82. The molecule has 2 heterocycles. The molecule has 0 fully saturated rings. The Bertz CT molecular complexity index is 814. The van der Waals surface area contributed by atoms with Crippen LogP contribution in [-0.2, 0) is 11.8 Å². The van der Waals surface area contributed by atoms with Crippen LogP contribution in [0.1, 0.15) is 29.0 Å². The van der Waals surface area contributed by atoms with Gasteiger partial charge >= 0.3 is 0 Å². The van der Waals surface area contributed by atoms with E-state index >= 15 is 0 Å². The molecule has 1 aliphatic heterocycles. The molecule has 1 amide bonds. The van der Waals surface area contributed by atoms with Crippen molar-refractivity contribution < 1.29 is 4.79 Å². The summed E-state index contributed by atoms with van der Waals surface area (Å²) in [5.74, 6) is 0.245. The van der Waals surface area contributed by atoms with Crippen LogP contribution in [0.5, 0.6) is 0 Å². The van der Waals surface area contributed by atoms with Gasteiger partial charge in [0.15, 0.2) is 5.16 Å². The highest BCUT2D eigenvalue weighted by Crippen LogP contribution is 2.36. The van der Waals surface area contributed by atoms with Gasteiger partial charge in [-0.1, -0.05) is 36.0 Å². The van der Waals surface area contributed by atoms with Gasteiger partial charge in [-0.05, 0) is 24.3 Å². The van der Waals surface area contributed by atoms with Crippen LogP contribution in [0.3, 0.4) is 0 Å². The van der Waals surface area contributed by atoms with Crippen molar-refractivity contribution in [2.75, 3.05) is 11.6 Å². The number of benzene rings is 1. The molecule has 0 bridgehead atoms. The minimum Gasteiger partial charge on any atom is -0.312 e. The molecule has 2 aromatic rings. The number of aromatic nitrogens is 2. The molecule has 1 N–H and O–H groups in total. The maximum Gasteiger partial charge on any atom is 0.279 e. The van der Waals surface area contributed by atoms with E-state index in [-0.39, 0.29) is 23.8 Å². The summed E-state index contributed by atoms with van der Waals surface area (Å²) < 4.78 is 1.78. The first-order valence-electron chi connectivity index (χ1n) is 7.03. The predicted octanol–water partition coefficient (Wildman–Crippen LogP) is 2.28. The number of thioether (sulfide) groups is 1. The molecular weight excluding hydrogens is 298 g/mol. The largest absolute Gasteiger partial charge is 0.312 e. The summed E-state index contributed by atoms with van der Waals surface area (Å²) in [5.41, 5.74) is 2.40. The van der Waals surface area contributed by atoms with Gasteiger partial charge < -0.3 is 9.88 Å². The lowest BCUT2D eigenvalue weighted by atomic mass is 9.84. The van der Waals surface area contributed by atoms with Crippen molar-refractivity contribution in [3.63, 3.8) is 0 Å². The quantitative estimate of drug-likeness (QED) is 0.682. The zero-order valence-corrected chi connectivity index (χ0v) is 13.5. The molecule has 1 aromatic heterocycles. The fourth-order valence-corrected chi connectivity index (χ4v) is 3.50. The number of carbonyl (C=O) groups excluding carboxylic acids is 1. The van der Waals surface area contributed by atoms with E-state index in [0.29, 0.717) is 16.5 Å². The molecule has 0 unspecified atom stereocenters. The van der Waals surface area contributed by atoms with Gasteiger partial charge in [-0.3, -0.25) is 9.59 Å². The number of anilines is 1. The number of hydrogen-bond donors (Lipinski definition) is 1. The first-order valence-corrected chi connectivity index (χ1v) is 8.25. The van der Waals surface area contributed by atoms with Gasteiger partial charge in [-0.15, -0.1) is 0 Å². The van der Waals surface area contributed by atoms with E-state index in [1.165, 1.54) is 11.8 Å². The van der Waals surface area contributed by atoms with Gasteiger partial charge in [-0.25, -0.2) is 0 Å². The molecule has 1 atom stereocenters. The van der Waals surface area contributed by atoms with Crippen molar-refractivity contribution in [2.45, 2.75) is 24.4 Å². The van der Waals surface area contributed by atoms with E-state index < -0.39 is 0 Å². The normalized spacial score (nSPS) is 17.0. The minimum atomic E-state index is -0.259. The molecule has 0 radical (unpaired) electrons. The number of carbonyl (C=O) groups is 1. The van der Waals surface area contributed by atoms with Gasteiger partial charge in [-0.2, -0.15) is 4.98 Å². The highest BCUT2D eigenvalue weighted by molar-refractivity contribution is 7.98. The number of aryl methyl sites for hydroxylation is 1. The molecule has 0 spiro atoms. The van der Waals surface area contributed by atoms with E-state index in [9.17, 15) is 9.59 Å². The van der Waals surface area contributed by atoms with Crippen LogP contribution in [0, 0.1) is 6.92 Å². The number of rotatable bonds is 2. The zero-order valence-electron chi connectivity index (χ0n) is 12.7. The Morgan fingerprint density at radius 2 is 2.05 bits per heavy atom. The molecule has 114 valence electrons. The second kappa shape index (κ2) is 5.61. The third kappa shape index (κ3) is 2.33. The summed E-state index contributed by atoms with van der Waals surface area (Å²) in [6.45, 7) is 2.00. The van der Waals surface area contributed by atoms with Crippen LogP contribution in [0.2, 0.25) is 0 Å². The molecule has 0 aliphatic carbocycles. The fraction of sp³-hybridized carbons (Fsp3) is 0.312. The van der Waals surface area contributed by atoms with Crippen LogP contribution < -0.4 is 10.9 Å². The maximum absolute atomic E-state index is 12.5. The van der Waals surface area contributed by atoms with E-state index in [0.717, 1.165) is 11.1 Å². The van der Waals surface area contributed by atoms with Gasteiger partial charge in [0.1, 0.15) is 5.82 Å². The van der Waals surface area contributed by atoms with Gasteiger partial charge in [0, 0.05) is 19.4 Å². The average Bonchev–Trinajstić information content (AvgIpc) is 2.50. The second-order valence-corrected chi connectivity index (χ2v) is 6.16. The second-order valence-electron chi connectivity index (χ2n) is 5.39. The van der Waals surface area contributed by atoms with Crippen molar-refractivity contribution in [3.8, 4) is 0 Å². The summed E-state index contributed by atoms with van der Waals surface area (Å²) in [5, 5.41) is 3.43. The van der Waals surface area contributed by atoms with E-state index in [1.807, 2.05) is 44.5 Å². The van der Waals surface area contributed by atoms with Gasteiger partial charge in [0.25, 0.3) is 5.56 Å². The first kappa shape index (κ1) is 14.8. The Balaban J connectivity index is 2.27. The number of fused-ring (bicyclic) bond motifs is 1. The Labute approximate surface area is 132 Å². The van der Waals surface area contributed by atoms with Crippen molar-refractivity contribution >= 4 is 23.5 Å². The van der Waals surface area contributed by atoms with E-state index in [2.05, 4.69) is 10.3 Å².